The van der Waals surface area contributed by atoms with Crippen molar-refractivity contribution in [2.75, 3.05) is 7.11 Å². The van der Waals surface area contributed by atoms with Gasteiger partial charge in [-0.3, -0.25) is 4.79 Å². The second kappa shape index (κ2) is 17.1. The van der Waals surface area contributed by atoms with Crippen LogP contribution < -0.4 is 0 Å². The highest BCUT2D eigenvalue weighted by molar-refractivity contribution is 6.71. The zero-order chi connectivity index (χ0) is 29.7. The lowest BCUT2D eigenvalue weighted by molar-refractivity contribution is -0.135. The molecule has 0 aromatic rings. The van der Waals surface area contributed by atoms with E-state index in [-0.39, 0.29) is 30.0 Å². The Morgan fingerprint density at radius 2 is 1.67 bits per heavy atom. The van der Waals surface area contributed by atoms with Gasteiger partial charge < -0.3 is 18.1 Å². The second-order valence-corrected chi connectivity index (χ2v) is 27.1. The molecular formula is C30H59NO5Si3. The minimum absolute atomic E-state index is 0.0709. The fourth-order valence-corrected chi connectivity index (χ4v) is 7.97. The van der Waals surface area contributed by atoms with Gasteiger partial charge in [-0.05, 0) is 84.6 Å². The van der Waals surface area contributed by atoms with Crippen molar-refractivity contribution in [3.63, 3.8) is 0 Å². The molecule has 0 aliphatic heterocycles. The lowest BCUT2D eigenvalue weighted by atomic mass is 9.89. The van der Waals surface area contributed by atoms with Crippen LogP contribution in [0.2, 0.25) is 58.9 Å². The monoisotopic (exact) mass is 597 g/mol. The maximum atomic E-state index is 12.0. The van der Waals surface area contributed by atoms with Crippen LogP contribution >= 0.6 is 0 Å². The highest BCUT2D eigenvalue weighted by Crippen LogP contribution is 2.38. The number of carbonyl (C=O) groups is 1. The van der Waals surface area contributed by atoms with Crippen molar-refractivity contribution < 1.29 is 22.9 Å². The zero-order valence-corrected chi connectivity index (χ0v) is 30.0. The Kier molecular flexibility index (Phi) is 15.8. The highest BCUT2D eigenvalue weighted by Gasteiger charge is 2.42. The van der Waals surface area contributed by atoms with Crippen LogP contribution in [0.1, 0.15) is 64.7 Å². The molecule has 1 aliphatic carbocycles. The molecule has 0 bridgehead atoms. The van der Waals surface area contributed by atoms with Crippen molar-refractivity contribution in [2.45, 2.75) is 136 Å². The van der Waals surface area contributed by atoms with E-state index in [4.69, 9.17) is 18.1 Å². The SMILES string of the molecule is CCCCCC(/C=C/C1C(O[Si](C)(C)C)C/C(=N/OC)C1C/C=C/CCCC(=O)O[Si](C)(C)C)O[Si](C)(C)C. The van der Waals surface area contributed by atoms with E-state index in [0.717, 1.165) is 37.8 Å². The number of hydrogen-bond acceptors (Lipinski definition) is 6. The molecule has 39 heavy (non-hydrogen) atoms. The third-order valence-corrected chi connectivity index (χ3v) is 9.18. The van der Waals surface area contributed by atoms with Crippen LogP contribution in [0.25, 0.3) is 0 Å². The Balaban J connectivity index is 3.03. The summed E-state index contributed by atoms with van der Waals surface area (Å²) in [4.78, 5) is 17.3. The molecule has 1 aliphatic rings. The van der Waals surface area contributed by atoms with Crippen molar-refractivity contribution in [1.29, 1.82) is 0 Å². The predicted molar refractivity (Wildman–Crippen MR) is 173 cm³/mol. The molecular weight excluding hydrogens is 539 g/mol. The first-order valence-electron chi connectivity index (χ1n) is 15.1. The van der Waals surface area contributed by atoms with Gasteiger partial charge in [-0.1, -0.05) is 55.6 Å². The number of unbranched alkanes of at least 4 members (excludes halogenated alkanes) is 3. The summed E-state index contributed by atoms with van der Waals surface area (Å²) < 4.78 is 18.8. The molecule has 0 amide bonds. The zero-order valence-electron chi connectivity index (χ0n) is 27.0. The molecule has 6 nitrogen and oxygen atoms in total. The van der Waals surface area contributed by atoms with E-state index in [2.05, 4.69) is 75.7 Å². The maximum Gasteiger partial charge on any atom is 0.292 e. The van der Waals surface area contributed by atoms with Crippen LogP contribution in [0.15, 0.2) is 29.5 Å². The van der Waals surface area contributed by atoms with E-state index < -0.39 is 25.0 Å². The van der Waals surface area contributed by atoms with Gasteiger partial charge in [0.2, 0.25) is 8.32 Å². The third-order valence-electron chi connectivity index (χ3n) is 6.32. The molecule has 0 aromatic heterocycles. The van der Waals surface area contributed by atoms with Crippen molar-refractivity contribution in [2.24, 2.45) is 17.0 Å². The van der Waals surface area contributed by atoms with Crippen LogP contribution in [0.4, 0.5) is 0 Å². The fourth-order valence-electron chi connectivity index (χ4n) is 4.94. The first kappa shape index (κ1) is 36.0. The van der Waals surface area contributed by atoms with Gasteiger partial charge in [-0.15, -0.1) is 0 Å². The Morgan fingerprint density at radius 1 is 0.974 bits per heavy atom. The van der Waals surface area contributed by atoms with Gasteiger partial charge in [0.25, 0.3) is 5.97 Å². The smallest absolute Gasteiger partial charge is 0.292 e. The first-order valence-corrected chi connectivity index (χ1v) is 25.3. The summed E-state index contributed by atoms with van der Waals surface area (Å²) in [5, 5.41) is 4.46. The second-order valence-electron chi connectivity index (χ2n) is 13.8. The van der Waals surface area contributed by atoms with Gasteiger partial charge in [0.05, 0.1) is 17.9 Å². The molecule has 0 heterocycles. The maximum absolute atomic E-state index is 12.0. The standard InChI is InChI=1S/C30H59NO5Si3/c1-12-13-16-19-25(34-37(3,4)5)22-23-27-26(28(31-33-2)24-29(27)35-38(6,7)8)20-17-14-15-18-21-30(32)36-39(9,10)11/h14,17,22-23,25-27,29H,12-13,15-16,18-21,24H2,1-11H3/b17-14+,23-22+,31-28-. The molecule has 4 atom stereocenters. The van der Waals surface area contributed by atoms with Gasteiger partial charge in [0, 0.05) is 24.7 Å². The summed E-state index contributed by atoms with van der Waals surface area (Å²) >= 11 is 0. The van der Waals surface area contributed by atoms with E-state index in [9.17, 15) is 4.79 Å². The van der Waals surface area contributed by atoms with E-state index in [1.807, 2.05) is 19.6 Å². The minimum atomic E-state index is -1.81. The molecule has 9 heteroatoms. The summed E-state index contributed by atoms with van der Waals surface area (Å²) in [6, 6.07) is 0. The number of oxime groups is 1. The van der Waals surface area contributed by atoms with Crippen molar-refractivity contribution in [3.8, 4) is 0 Å². The molecule has 1 fully saturated rings. The van der Waals surface area contributed by atoms with Crippen LogP contribution in [-0.4, -0.2) is 56.0 Å². The summed E-state index contributed by atoms with van der Waals surface area (Å²) in [5.74, 6) is 0.373. The van der Waals surface area contributed by atoms with Gasteiger partial charge in [0.15, 0.2) is 16.6 Å². The van der Waals surface area contributed by atoms with Gasteiger partial charge in [0.1, 0.15) is 7.11 Å². The average Bonchev–Trinajstić information content (AvgIpc) is 3.06. The molecule has 4 unspecified atom stereocenters. The van der Waals surface area contributed by atoms with Gasteiger partial charge in [-0.2, -0.15) is 0 Å². The lowest BCUT2D eigenvalue weighted by Gasteiger charge is -2.29. The lowest BCUT2D eigenvalue weighted by Crippen LogP contribution is -2.35. The Bertz CT molecular complexity index is 809. The quantitative estimate of drug-likeness (QED) is 0.0684. The number of allylic oxidation sites excluding steroid dienone is 2. The molecule has 0 spiro atoms. The van der Waals surface area contributed by atoms with Crippen molar-refractivity contribution in [3.05, 3.63) is 24.3 Å². The normalized spacial score (nSPS) is 22.7. The Hall–Kier alpha value is -1.01. The molecule has 0 saturated heterocycles. The van der Waals surface area contributed by atoms with Crippen molar-refractivity contribution >= 4 is 36.6 Å². The minimum Gasteiger partial charge on any atom is -0.520 e. The predicted octanol–water partition coefficient (Wildman–Crippen LogP) is 8.70. The van der Waals surface area contributed by atoms with Crippen LogP contribution in [0.5, 0.6) is 0 Å². The molecule has 226 valence electrons. The number of hydrogen-bond donors (Lipinski definition) is 0. The molecule has 1 saturated carbocycles. The van der Waals surface area contributed by atoms with E-state index in [1.54, 1.807) is 7.11 Å². The summed E-state index contributed by atoms with van der Waals surface area (Å²) in [6.07, 6.45) is 17.9. The number of carbonyl (C=O) groups excluding carboxylic acids is 1. The van der Waals surface area contributed by atoms with Crippen LogP contribution in [-0.2, 0) is 22.9 Å². The first-order chi connectivity index (χ1) is 18.0. The largest absolute Gasteiger partial charge is 0.520 e. The summed E-state index contributed by atoms with van der Waals surface area (Å²) in [6.45, 7) is 21.9. The molecule has 0 N–H and O–H groups in total. The van der Waals surface area contributed by atoms with Crippen LogP contribution in [0.3, 0.4) is 0 Å². The van der Waals surface area contributed by atoms with E-state index in [0.29, 0.717) is 6.42 Å². The van der Waals surface area contributed by atoms with Crippen LogP contribution in [0, 0.1) is 11.8 Å². The molecule has 0 aromatic carbocycles. The summed E-state index contributed by atoms with van der Waals surface area (Å²) in [7, 11) is -3.62. The van der Waals surface area contributed by atoms with Crippen molar-refractivity contribution in [1.82, 2.24) is 0 Å². The average molecular weight is 598 g/mol. The summed E-state index contributed by atoms with van der Waals surface area (Å²) in [5.41, 5.74) is 1.08. The molecule has 1 rings (SSSR count). The number of nitrogens with zero attached hydrogens (tertiary/aromatic N) is 1. The topological polar surface area (TPSA) is 66.4 Å². The highest BCUT2D eigenvalue weighted by atomic mass is 28.4. The van der Waals surface area contributed by atoms with E-state index in [1.165, 1.54) is 19.3 Å². The van der Waals surface area contributed by atoms with Gasteiger partial charge in [-0.25, -0.2) is 0 Å². The Morgan fingerprint density at radius 3 is 2.23 bits per heavy atom. The Labute approximate surface area is 243 Å². The van der Waals surface area contributed by atoms with E-state index >= 15 is 0 Å². The van der Waals surface area contributed by atoms with Gasteiger partial charge >= 0.3 is 0 Å². The molecule has 0 radical (unpaired) electrons. The number of rotatable bonds is 18. The third kappa shape index (κ3) is 16.8. The fraction of sp³-hybridized carbons (Fsp3) is 0.800.